The van der Waals surface area contributed by atoms with Gasteiger partial charge in [-0.15, -0.1) is 0 Å². The van der Waals surface area contributed by atoms with Crippen LogP contribution in [0.25, 0.3) is 0 Å². The minimum Gasteiger partial charge on any atom is -0.315 e. The van der Waals surface area contributed by atoms with Crippen LogP contribution in [0.1, 0.15) is 6.42 Å². The Labute approximate surface area is 99.6 Å². The largest absolute Gasteiger partial charge is 0.315 e. The average molecular weight is 226 g/mol. The highest BCUT2D eigenvalue weighted by Gasteiger charge is 2.15. The van der Waals surface area contributed by atoms with Crippen LogP contribution >= 0.6 is 0 Å². The molecule has 1 N–H and O–H groups in total. The van der Waals surface area contributed by atoms with Crippen LogP contribution in [0.5, 0.6) is 0 Å². The average Bonchev–Trinajstić information content (AvgIpc) is 2.57. The van der Waals surface area contributed by atoms with Gasteiger partial charge in [-0.2, -0.15) is 0 Å². The summed E-state index contributed by atoms with van der Waals surface area (Å²) >= 11 is 0. The summed E-state index contributed by atoms with van der Waals surface area (Å²) in [5, 5.41) is 3.46. The third kappa shape index (κ3) is 4.01. The minimum atomic E-state index is 1.17. The molecule has 4 nitrogen and oxygen atoms in total. The van der Waals surface area contributed by atoms with Crippen LogP contribution < -0.4 is 5.32 Å². The summed E-state index contributed by atoms with van der Waals surface area (Å²) in [6.07, 6.45) is 1.31. The van der Waals surface area contributed by atoms with Gasteiger partial charge >= 0.3 is 0 Å². The molecule has 0 bridgehead atoms. The lowest BCUT2D eigenvalue weighted by atomic mass is 10.3. The van der Waals surface area contributed by atoms with E-state index in [4.69, 9.17) is 0 Å². The molecule has 0 atom stereocenters. The van der Waals surface area contributed by atoms with E-state index in [1.165, 1.54) is 71.9 Å². The Morgan fingerprint density at radius 3 is 2.25 bits per heavy atom. The highest BCUT2D eigenvalue weighted by Crippen LogP contribution is 2.01. The van der Waals surface area contributed by atoms with E-state index in [-0.39, 0.29) is 0 Å². The molecule has 2 aliphatic heterocycles. The molecule has 0 aromatic rings. The molecule has 4 heteroatoms. The number of hydrogen-bond acceptors (Lipinski definition) is 4. The third-order valence-electron chi connectivity index (χ3n) is 3.76. The first-order valence-corrected chi connectivity index (χ1v) is 6.68. The maximum absolute atomic E-state index is 3.46. The maximum atomic E-state index is 3.46. The monoisotopic (exact) mass is 226 g/mol. The maximum Gasteiger partial charge on any atom is 0.0110 e. The summed E-state index contributed by atoms with van der Waals surface area (Å²) in [6, 6.07) is 0. The molecule has 2 saturated heterocycles. The molecule has 0 radical (unpaired) electrons. The number of piperazine rings is 1. The van der Waals surface area contributed by atoms with Crippen LogP contribution in [0.4, 0.5) is 0 Å². The van der Waals surface area contributed by atoms with Crippen molar-refractivity contribution in [1.82, 2.24) is 20.0 Å². The summed E-state index contributed by atoms with van der Waals surface area (Å²) < 4.78 is 0. The van der Waals surface area contributed by atoms with Crippen LogP contribution in [0.2, 0.25) is 0 Å². The van der Waals surface area contributed by atoms with Gasteiger partial charge in [0.2, 0.25) is 0 Å². The summed E-state index contributed by atoms with van der Waals surface area (Å²) in [5.74, 6) is 0. The first-order chi connectivity index (χ1) is 7.84. The lowest BCUT2D eigenvalue weighted by Crippen LogP contribution is -2.47. The van der Waals surface area contributed by atoms with Crippen molar-refractivity contribution in [3.63, 3.8) is 0 Å². The molecule has 0 spiro atoms. The molecule has 0 amide bonds. The van der Waals surface area contributed by atoms with E-state index in [1.54, 1.807) is 0 Å². The van der Waals surface area contributed by atoms with Gasteiger partial charge in [-0.25, -0.2) is 0 Å². The van der Waals surface area contributed by atoms with Gasteiger partial charge in [0.05, 0.1) is 0 Å². The highest BCUT2D eigenvalue weighted by atomic mass is 15.3. The Kier molecular flexibility index (Phi) is 5.03. The molecular formula is C12H26N4. The smallest absolute Gasteiger partial charge is 0.0110 e. The number of likely N-dealkylation sites (N-methyl/N-ethyl adjacent to an activating group) is 1. The van der Waals surface area contributed by atoms with Crippen molar-refractivity contribution < 1.29 is 0 Å². The van der Waals surface area contributed by atoms with Gasteiger partial charge in [0.15, 0.2) is 0 Å². The van der Waals surface area contributed by atoms with Gasteiger partial charge < -0.3 is 15.1 Å². The van der Waals surface area contributed by atoms with Gasteiger partial charge in [0, 0.05) is 52.4 Å². The van der Waals surface area contributed by atoms with E-state index >= 15 is 0 Å². The number of rotatable bonds is 3. The first-order valence-electron chi connectivity index (χ1n) is 6.68. The molecule has 2 rings (SSSR count). The topological polar surface area (TPSA) is 21.8 Å². The van der Waals surface area contributed by atoms with Crippen LogP contribution in [0, 0.1) is 0 Å². The SMILES string of the molecule is CN1CCN(CCN2CCCNCC2)CC1. The molecule has 0 unspecified atom stereocenters. The van der Waals surface area contributed by atoms with E-state index < -0.39 is 0 Å². The van der Waals surface area contributed by atoms with Crippen molar-refractivity contribution in [2.45, 2.75) is 6.42 Å². The summed E-state index contributed by atoms with van der Waals surface area (Å²) in [5.41, 5.74) is 0. The Hall–Kier alpha value is -0.160. The van der Waals surface area contributed by atoms with Crippen molar-refractivity contribution in [3.05, 3.63) is 0 Å². The van der Waals surface area contributed by atoms with E-state index in [1.807, 2.05) is 0 Å². The van der Waals surface area contributed by atoms with Crippen molar-refractivity contribution in [2.24, 2.45) is 0 Å². The van der Waals surface area contributed by atoms with Crippen molar-refractivity contribution in [3.8, 4) is 0 Å². The second-order valence-corrected chi connectivity index (χ2v) is 5.09. The second-order valence-electron chi connectivity index (χ2n) is 5.09. The Morgan fingerprint density at radius 1 is 0.812 bits per heavy atom. The Bertz CT molecular complexity index is 181. The first kappa shape index (κ1) is 12.3. The van der Waals surface area contributed by atoms with Gasteiger partial charge in [-0.05, 0) is 26.6 Å². The zero-order valence-corrected chi connectivity index (χ0v) is 10.6. The fourth-order valence-electron chi connectivity index (χ4n) is 2.48. The van der Waals surface area contributed by atoms with Gasteiger partial charge in [0.25, 0.3) is 0 Å². The van der Waals surface area contributed by atoms with Crippen LogP contribution in [0.3, 0.4) is 0 Å². The minimum absolute atomic E-state index is 1.17. The molecule has 2 aliphatic rings. The van der Waals surface area contributed by atoms with E-state index in [0.717, 1.165) is 0 Å². The number of nitrogens with one attached hydrogen (secondary N) is 1. The summed E-state index contributed by atoms with van der Waals surface area (Å²) in [7, 11) is 2.22. The molecule has 94 valence electrons. The van der Waals surface area contributed by atoms with Gasteiger partial charge in [-0.3, -0.25) is 4.90 Å². The van der Waals surface area contributed by atoms with Crippen molar-refractivity contribution in [2.75, 3.05) is 72.5 Å². The van der Waals surface area contributed by atoms with Crippen LogP contribution in [-0.4, -0.2) is 87.2 Å². The second kappa shape index (κ2) is 6.55. The summed E-state index contributed by atoms with van der Waals surface area (Å²) in [4.78, 5) is 7.64. The van der Waals surface area contributed by atoms with Gasteiger partial charge in [0.1, 0.15) is 0 Å². The quantitative estimate of drug-likeness (QED) is 0.702. The predicted molar refractivity (Wildman–Crippen MR) is 67.9 cm³/mol. The predicted octanol–water partition coefficient (Wildman–Crippen LogP) is -0.471. The zero-order chi connectivity index (χ0) is 11.2. The molecular weight excluding hydrogens is 200 g/mol. The lowest BCUT2D eigenvalue weighted by Gasteiger charge is -2.33. The van der Waals surface area contributed by atoms with Crippen LogP contribution in [0.15, 0.2) is 0 Å². The Morgan fingerprint density at radius 2 is 1.50 bits per heavy atom. The molecule has 2 fully saturated rings. The fourth-order valence-corrected chi connectivity index (χ4v) is 2.48. The molecule has 0 aromatic carbocycles. The highest BCUT2D eigenvalue weighted by molar-refractivity contribution is 4.72. The molecule has 16 heavy (non-hydrogen) atoms. The Balaban J connectivity index is 1.62. The molecule has 0 aromatic heterocycles. The zero-order valence-electron chi connectivity index (χ0n) is 10.6. The summed E-state index contributed by atoms with van der Waals surface area (Å²) in [6.45, 7) is 12.4. The lowest BCUT2D eigenvalue weighted by molar-refractivity contribution is 0.136. The van der Waals surface area contributed by atoms with E-state index in [0.29, 0.717) is 0 Å². The normalized spacial score (nSPS) is 26.8. The van der Waals surface area contributed by atoms with Gasteiger partial charge in [-0.1, -0.05) is 0 Å². The van der Waals surface area contributed by atoms with E-state index in [9.17, 15) is 0 Å². The fraction of sp³-hybridized carbons (Fsp3) is 1.00. The number of nitrogens with zero attached hydrogens (tertiary/aromatic N) is 3. The number of hydrogen-bond donors (Lipinski definition) is 1. The van der Waals surface area contributed by atoms with Crippen molar-refractivity contribution in [1.29, 1.82) is 0 Å². The third-order valence-corrected chi connectivity index (χ3v) is 3.76. The molecule has 0 aliphatic carbocycles. The van der Waals surface area contributed by atoms with Crippen molar-refractivity contribution >= 4 is 0 Å². The van der Waals surface area contributed by atoms with Crippen LogP contribution in [-0.2, 0) is 0 Å². The molecule has 0 saturated carbocycles. The standard InChI is InChI=1S/C12H26N4/c1-14-7-9-16(10-8-14)12-11-15-5-2-3-13-4-6-15/h13H,2-12H2,1H3. The van der Waals surface area contributed by atoms with E-state index in [2.05, 4.69) is 27.1 Å². The molecule has 2 heterocycles.